The van der Waals surface area contributed by atoms with Crippen molar-refractivity contribution in [1.29, 1.82) is 0 Å². The van der Waals surface area contributed by atoms with Gasteiger partial charge in [0.05, 0.1) is 18.8 Å². The standard InChI is InChI=1S/C16H35O4P/c1-6-11-13-15(8-3)19-21(17,18-10-5)20-16(9-4)14-12-7-2/h15-16H,6-14H2,1-5H3. The first-order chi connectivity index (χ1) is 10.0. The molecule has 4 nitrogen and oxygen atoms in total. The van der Waals surface area contributed by atoms with Crippen LogP contribution in [0.4, 0.5) is 0 Å². The highest BCUT2D eigenvalue weighted by atomic mass is 31.2. The van der Waals surface area contributed by atoms with Gasteiger partial charge < -0.3 is 0 Å². The maximum atomic E-state index is 12.8. The highest BCUT2D eigenvalue weighted by Gasteiger charge is 2.32. The van der Waals surface area contributed by atoms with Crippen LogP contribution in [0.3, 0.4) is 0 Å². The second-order valence-electron chi connectivity index (χ2n) is 5.42. The Morgan fingerprint density at radius 3 is 1.52 bits per heavy atom. The number of phosphoric acid groups is 1. The van der Waals surface area contributed by atoms with Crippen molar-refractivity contribution in [1.82, 2.24) is 0 Å². The quantitative estimate of drug-likeness (QED) is 0.362. The smallest absolute Gasteiger partial charge is 0.287 e. The Hall–Kier alpha value is 0.110. The van der Waals surface area contributed by atoms with Gasteiger partial charge in [-0.15, -0.1) is 0 Å². The molecule has 0 aromatic rings. The minimum Gasteiger partial charge on any atom is -0.287 e. The number of phosphoric ester groups is 1. The van der Waals surface area contributed by atoms with E-state index < -0.39 is 7.82 Å². The van der Waals surface area contributed by atoms with E-state index in [1.165, 1.54) is 0 Å². The lowest BCUT2D eigenvalue weighted by Gasteiger charge is -2.26. The zero-order chi connectivity index (χ0) is 16.1. The van der Waals surface area contributed by atoms with Gasteiger partial charge in [0.1, 0.15) is 0 Å². The van der Waals surface area contributed by atoms with Gasteiger partial charge in [-0.1, -0.05) is 53.4 Å². The van der Waals surface area contributed by atoms with Gasteiger partial charge in [-0.05, 0) is 32.6 Å². The summed E-state index contributed by atoms with van der Waals surface area (Å²) in [5, 5.41) is 0. The Morgan fingerprint density at radius 2 is 1.24 bits per heavy atom. The molecule has 0 rings (SSSR count). The molecule has 0 aliphatic heterocycles. The van der Waals surface area contributed by atoms with Crippen LogP contribution in [0.1, 0.15) is 86.0 Å². The molecular weight excluding hydrogens is 287 g/mol. The molecule has 2 unspecified atom stereocenters. The van der Waals surface area contributed by atoms with Crippen LogP contribution in [-0.2, 0) is 18.1 Å². The predicted molar refractivity (Wildman–Crippen MR) is 88.6 cm³/mol. The lowest BCUT2D eigenvalue weighted by atomic mass is 10.1. The summed E-state index contributed by atoms with van der Waals surface area (Å²) in [6.07, 6.45) is 7.70. The molecule has 0 aromatic carbocycles. The van der Waals surface area contributed by atoms with Crippen molar-refractivity contribution in [3.8, 4) is 0 Å². The van der Waals surface area contributed by atoms with Crippen molar-refractivity contribution in [2.24, 2.45) is 0 Å². The third-order valence-corrected chi connectivity index (χ3v) is 5.20. The Bertz CT molecular complexity index is 261. The van der Waals surface area contributed by atoms with E-state index in [4.69, 9.17) is 13.6 Å². The van der Waals surface area contributed by atoms with E-state index in [9.17, 15) is 4.57 Å². The molecule has 0 aliphatic carbocycles. The van der Waals surface area contributed by atoms with Gasteiger partial charge in [0.2, 0.25) is 0 Å². The molecule has 128 valence electrons. The van der Waals surface area contributed by atoms with Crippen LogP contribution in [0.15, 0.2) is 0 Å². The lowest BCUT2D eigenvalue weighted by Crippen LogP contribution is -2.17. The summed E-state index contributed by atoms with van der Waals surface area (Å²) in [5.74, 6) is 0. The average Bonchev–Trinajstić information content (AvgIpc) is 2.48. The molecule has 5 heteroatoms. The van der Waals surface area contributed by atoms with Gasteiger partial charge in [-0.25, -0.2) is 4.57 Å². The largest absolute Gasteiger partial charge is 0.475 e. The van der Waals surface area contributed by atoms with E-state index in [-0.39, 0.29) is 12.2 Å². The molecule has 0 saturated heterocycles. The van der Waals surface area contributed by atoms with Gasteiger partial charge >= 0.3 is 7.82 Å². The molecule has 21 heavy (non-hydrogen) atoms. The number of unbranched alkanes of at least 4 members (excludes halogenated alkanes) is 2. The first-order valence-electron chi connectivity index (χ1n) is 8.66. The van der Waals surface area contributed by atoms with Gasteiger partial charge in [-0.2, -0.15) is 0 Å². The Labute approximate surface area is 131 Å². The zero-order valence-electron chi connectivity index (χ0n) is 14.6. The van der Waals surface area contributed by atoms with E-state index in [1.807, 2.05) is 20.8 Å². The van der Waals surface area contributed by atoms with Crippen LogP contribution >= 0.6 is 7.82 Å². The summed E-state index contributed by atoms with van der Waals surface area (Å²) >= 11 is 0. The SMILES string of the molecule is CCCCC(CC)OP(=O)(OCC)OC(CC)CCCC. The fourth-order valence-corrected chi connectivity index (χ4v) is 3.86. The van der Waals surface area contributed by atoms with Crippen molar-refractivity contribution in [3.05, 3.63) is 0 Å². The van der Waals surface area contributed by atoms with Crippen LogP contribution in [0.5, 0.6) is 0 Å². The Morgan fingerprint density at radius 1 is 0.810 bits per heavy atom. The molecular formula is C16H35O4P. The van der Waals surface area contributed by atoms with Crippen LogP contribution in [-0.4, -0.2) is 18.8 Å². The molecule has 0 heterocycles. The van der Waals surface area contributed by atoms with Crippen LogP contribution in [0, 0.1) is 0 Å². The van der Waals surface area contributed by atoms with Crippen LogP contribution < -0.4 is 0 Å². The molecule has 0 aromatic heterocycles. The van der Waals surface area contributed by atoms with Gasteiger partial charge in [-0.3, -0.25) is 13.6 Å². The summed E-state index contributed by atoms with van der Waals surface area (Å²) in [4.78, 5) is 0. The summed E-state index contributed by atoms with van der Waals surface area (Å²) in [5.41, 5.74) is 0. The first kappa shape index (κ1) is 21.1. The Kier molecular flexibility index (Phi) is 12.7. The van der Waals surface area contributed by atoms with E-state index in [0.717, 1.165) is 51.4 Å². The Balaban J connectivity index is 4.66. The van der Waals surface area contributed by atoms with Crippen molar-refractivity contribution >= 4 is 7.82 Å². The van der Waals surface area contributed by atoms with Crippen molar-refractivity contribution in [2.75, 3.05) is 6.61 Å². The molecule has 0 amide bonds. The minimum atomic E-state index is -3.45. The molecule has 0 spiro atoms. The molecule has 2 atom stereocenters. The summed E-state index contributed by atoms with van der Waals surface area (Å²) in [6, 6.07) is 0. The normalized spacial score (nSPS) is 17.4. The highest BCUT2D eigenvalue weighted by molar-refractivity contribution is 7.48. The topological polar surface area (TPSA) is 44.8 Å². The maximum Gasteiger partial charge on any atom is 0.475 e. The van der Waals surface area contributed by atoms with Crippen molar-refractivity contribution < 1.29 is 18.1 Å². The second kappa shape index (κ2) is 12.6. The maximum absolute atomic E-state index is 12.8. The fourth-order valence-electron chi connectivity index (χ4n) is 2.14. The molecule has 0 N–H and O–H groups in total. The molecule has 0 radical (unpaired) electrons. The predicted octanol–water partition coefficient (Wildman–Crippen LogP) is 6.10. The van der Waals surface area contributed by atoms with Gasteiger partial charge in [0, 0.05) is 0 Å². The molecule has 0 aliphatic rings. The second-order valence-corrected chi connectivity index (χ2v) is 7.00. The summed E-state index contributed by atoms with van der Waals surface area (Å²) in [6.45, 7) is 10.5. The zero-order valence-corrected chi connectivity index (χ0v) is 15.5. The average molecular weight is 322 g/mol. The lowest BCUT2D eigenvalue weighted by molar-refractivity contribution is 0.0453. The number of hydrogen-bond acceptors (Lipinski definition) is 4. The molecule has 0 fully saturated rings. The third-order valence-electron chi connectivity index (χ3n) is 3.51. The summed E-state index contributed by atoms with van der Waals surface area (Å²) in [7, 11) is -3.45. The van der Waals surface area contributed by atoms with E-state index >= 15 is 0 Å². The highest BCUT2D eigenvalue weighted by Crippen LogP contribution is 2.53. The third kappa shape index (κ3) is 9.67. The van der Waals surface area contributed by atoms with Crippen molar-refractivity contribution in [3.63, 3.8) is 0 Å². The monoisotopic (exact) mass is 322 g/mol. The number of rotatable bonds is 14. The van der Waals surface area contributed by atoms with Crippen LogP contribution in [0.2, 0.25) is 0 Å². The van der Waals surface area contributed by atoms with Crippen LogP contribution in [0.25, 0.3) is 0 Å². The van der Waals surface area contributed by atoms with Crippen molar-refractivity contribution in [2.45, 2.75) is 98.2 Å². The minimum absolute atomic E-state index is 0.0500. The fraction of sp³-hybridized carbons (Fsp3) is 1.00. The van der Waals surface area contributed by atoms with E-state index in [2.05, 4.69) is 13.8 Å². The molecule has 0 saturated carbocycles. The van der Waals surface area contributed by atoms with Gasteiger partial charge in [0.25, 0.3) is 0 Å². The summed E-state index contributed by atoms with van der Waals surface area (Å²) < 4.78 is 29.7. The number of hydrogen-bond donors (Lipinski definition) is 0. The van der Waals surface area contributed by atoms with E-state index in [0.29, 0.717) is 6.61 Å². The molecule has 0 bridgehead atoms. The first-order valence-corrected chi connectivity index (χ1v) is 10.1. The van der Waals surface area contributed by atoms with Gasteiger partial charge in [0.15, 0.2) is 0 Å². The van der Waals surface area contributed by atoms with E-state index in [1.54, 1.807) is 0 Å².